The normalized spacial score (nSPS) is 11.0. The molecule has 0 saturated carbocycles. The van der Waals surface area contributed by atoms with Crippen LogP contribution in [0.2, 0.25) is 0 Å². The van der Waals surface area contributed by atoms with Crippen molar-refractivity contribution in [2.75, 3.05) is 0 Å². The van der Waals surface area contributed by atoms with Crippen LogP contribution in [0.1, 0.15) is 35.5 Å². The highest BCUT2D eigenvalue weighted by atomic mass is 16.3. The molecule has 3 aromatic rings. The van der Waals surface area contributed by atoms with E-state index in [-0.39, 0.29) is 11.2 Å². The maximum absolute atomic E-state index is 12.3. The van der Waals surface area contributed by atoms with Crippen molar-refractivity contribution in [1.82, 2.24) is 15.6 Å². The largest absolute Gasteiger partial charge is 0.507 e. The van der Waals surface area contributed by atoms with E-state index in [1.165, 1.54) is 5.56 Å². The molecule has 0 fully saturated rings. The van der Waals surface area contributed by atoms with Gasteiger partial charge in [0, 0.05) is 11.1 Å². The number of benzene rings is 2. The molecule has 7 nitrogen and oxygen atoms in total. The van der Waals surface area contributed by atoms with Crippen LogP contribution in [-0.4, -0.2) is 32.4 Å². The van der Waals surface area contributed by atoms with Crippen LogP contribution in [0.5, 0.6) is 5.75 Å². The van der Waals surface area contributed by atoms with Crippen LogP contribution in [0.15, 0.2) is 59.7 Å². The lowest BCUT2D eigenvalue weighted by molar-refractivity contribution is 0.0950. The molecule has 1 heterocycles. The lowest BCUT2D eigenvalue weighted by Crippen LogP contribution is -2.19. The number of aryl methyl sites for hydroxylation is 1. The molecule has 0 aliphatic carbocycles. The minimum Gasteiger partial charge on any atom is -0.507 e. The summed E-state index contributed by atoms with van der Waals surface area (Å²) in [6, 6.07) is 16.6. The Bertz CT molecular complexity index is 946. The fourth-order valence-corrected chi connectivity index (χ4v) is 2.53. The van der Waals surface area contributed by atoms with Crippen LogP contribution in [0.3, 0.4) is 0 Å². The molecule has 27 heavy (non-hydrogen) atoms. The molecule has 5 N–H and O–H groups in total. The Labute approximate surface area is 157 Å². The Morgan fingerprint density at radius 2 is 1.89 bits per heavy atom. The van der Waals surface area contributed by atoms with Crippen molar-refractivity contribution < 1.29 is 15.4 Å². The number of H-pyrrole nitrogens is 1. The van der Waals surface area contributed by atoms with Gasteiger partial charge in [-0.2, -0.15) is 10.2 Å². The summed E-state index contributed by atoms with van der Waals surface area (Å²) < 4.78 is 0. The second kappa shape index (κ2) is 8.77. The molecule has 0 atom stereocenters. The monoisotopic (exact) mass is 366 g/mol. The Balaban J connectivity index is 0.00000261. The van der Waals surface area contributed by atoms with Gasteiger partial charge in [-0.25, -0.2) is 5.43 Å². The summed E-state index contributed by atoms with van der Waals surface area (Å²) in [7, 11) is 0. The quantitative estimate of drug-likeness (QED) is 0.475. The van der Waals surface area contributed by atoms with Crippen LogP contribution in [-0.2, 0) is 6.42 Å². The lowest BCUT2D eigenvalue weighted by Gasteiger charge is -2.03. The second-order valence-corrected chi connectivity index (χ2v) is 5.87. The number of phenols is 1. The summed E-state index contributed by atoms with van der Waals surface area (Å²) in [5.74, 6) is -0.286. The third kappa shape index (κ3) is 4.59. The first kappa shape index (κ1) is 19.9. The summed E-state index contributed by atoms with van der Waals surface area (Å²) in [5, 5.41) is 20.8. The molecule has 1 aromatic heterocycles. The molecule has 2 aromatic carbocycles. The number of hydrogen-bond acceptors (Lipinski definition) is 4. The number of aromatic nitrogens is 2. The van der Waals surface area contributed by atoms with Crippen molar-refractivity contribution in [2.45, 2.75) is 20.3 Å². The van der Waals surface area contributed by atoms with Gasteiger partial charge in [0.15, 0.2) is 0 Å². The third-order valence-corrected chi connectivity index (χ3v) is 4.10. The van der Waals surface area contributed by atoms with E-state index in [0.717, 1.165) is 12.0 Å². The highest BCUT2D eigenvalue weighted by molar-refractivity contribution is 6.02. The number of para-hydroxylation sites is 1. The van der Waals surface area contributed by atoms with Gasteiger partial charge in [-0.15, -0.1) is 0 Å². The average Bonchev–Trinajstić information content (AvgIpc) is 3.16. The highest BCUT2D eigenvalue weighted by Crippen LogP contribution is 2.19. The fourth-order valence-electron chi connectivity index (χ4n) is 2.53. The number of nitrogens with one attached hydrogen (secondary N) is 2. The van der Waals surface area contributed by atoms with E-state index in [0.29, 0.717) is 22.7 Å². The maximum atomic E-state index is 12.3. The zero-order valence-corrected chi connectivity index (χ0v) is 15.2. The van der Waals surface area contributed by atoms with Gasteiger partial charge in [-0.1, -0.05) is 43.3 Å². The van der Waals surface area contributed by atoms with Crippen LogP contribution in [0.25, 0.3) is 11.3 Å². The number of aromatic hydroxyl groups is 1. The Morgan fingerprint density at radius 3 is 2.56 bits per heavy atom. The number of aromatic amines is 1. The number of hydrogen-bond donors (Lipinski definition) is 3. The fraction of sp³-hybridized carbons (Fsp3) is 0.150. The Hall–Kier alpha value is -3.45. The molecule has 7 heteroatoms. The molecule has 0 aliphatic rings. The van der Waals surface area contributed by atoms with E-state index < -0.39 is 5.91 Å². The SMILES string of the molecule is CCc1ccc(-c2cc(C(=O)N/N=C(\C)c3ccccc3O)[nH]n2)cc1.O. The van der Waals surface area contributed by atoms with E-state index in [1.807, 2.05) is 24.3 Å². The first-order valence-electron chi connectivity index (χ1n) is 8.36. The number of rotatable bonds is 5. The number of hydrazone groups is 1. The number of carbonyl (C=O) groups excluding carboxylic acids is 1. The van der Waals surface area contributed by atoms with Gasteiger partial charge in [-0.3, -0.25) is 9.89 Å². The zero-order chi connectivity index (χ0) is 18.5. The Kier molecular flexibility index (Phi) is 6.46. The molecule has 0 bridgehead atoms. The summed E-state index contributed by atoms with van der Waals surface area (Å²) in [6.45, 7) is 3.81. The predicted molar refractivity (Wildman–Crippen MR) is 105 cm³/mol. The van der Waals surface area contributed by atoms with Gasteiger partial charge in [0.25, 0.3) is 5.91 Å². The molecular formula is C20H22N4O3. The molecule has 3 rings (SSSR count). The predicted octanol–water partition coefficient (Wildman–Crippen LogP) is 2.67. The first-order chi connectivity index (χ1) is 12.6. The summed E-state index contributed by atoms with van der Waals surface area (Å²) >= 11 is 0. The van der Waals surface area contributed by atoms with Crippen LogP contribution < -0.4 is 5.43 Å². The Morgan fingerprint density at radius 1 is 1.19 bits per heavy atom. The number of phenolic OH excluding ortho intramolecular Hbond substituents is 1. The van der Waals surface area contributed by atoms with E-state index in [2.05, 4.69) is 27.6 Å². The van der Waals surface area contributed by atoms with Crippen molar-refractivity contribution in [2.24, 2.45) is 5.10 Å². The van der Waals surface area contributed by atoms with Crippen molar-refractivity contribution in [3.05, 3.63) is 71.4 Å². The average molecular weight is 366 g/mol. The maximum Gasteiger partial charge on any atom is 0.289 e. The first-order valence-corrected chi connectivity index (χ1v) is 8.36. The van der Waals surface area contributed by atoms with Gasteiger partial charge < -0.3 is 10.6 Å². The van der Waals surface area contributed by atoms with E-state index in [1.54, 1.807) is 37.3 Å². The molecule has 0 spiro atoms. The van der Waals surface area contributed by atoms with Crippen LogP contribution >= 0.6 is 0 Å². The summed E-state index contributed by atoms with van der Waals surface area (Å²) in [4.78, 5) is 12.3. The number of amides is 1. The van der Waals surface area contributed by atoms with Crippen molar-refractivity contribution in [3.8, 4) is 17.0 Å². The van der Waals surface area contributed by atoms with E-state index in [4.69, 9.17) is 0 Å². The van der Waals surface area contributed by atoms with Crippen LogP contribution in [0.4, 0.5) is 0 Å². The van der Waals surface area contributed by atoms with Crippen molar-refractivity contribution in [3.63, 3.8) is 0 Å². The molecule has 0 unspecified atom stereocenters. The van der Waals surface area contributed by atoms with Gasteiger partial charge in [0.05, 0.1) is 11.4 Å². The van der Waals surface area contributed by atoms with Crippen LogP contribution in [0, 0.1) is 0 Å². The molecular weight excluding hydrogens is 344 g/mol. The lowest BCUT2D eigenvalue weighted by atomic mass is 10.1. The summed E-state index contributed by atoms with van der Waals surface area (Å²) in [6.07, 6.45) is 0.975. The topological polar surface area (TPSA) is 122 Å². The minimum absolute atomic E-state index is 0. The number of nitrogens with zero attached hydrogens (tertiary/aromatic N) is 2. The molecule has 0 aliphatic heterocycles. The molecule has 140 valence electrons. The van der Waals surface area contributed by atoms with E-state index in [9.17, 15) is 9.90 Å². The zero-order valence-electron chi connectivity index (χ0n) is 15.2. The van der Waals surface area contributed by atoms with Crippen molar-refractivity contribution >= 4 is 11.6 Å². The third-order valence-electron chi connectivity index (χ3n) is 4.10. The summed E-state index contributed by atoms with van der Waals surface area (Å²) in [5.41, 5.74) is 6.73. The standard InChI is InChI=1S/C20H20N4O2.H2O/c1-3-14-8-10-15(11-9-14)17-12-18(23-22-17)20(26)24-21-13(2)16-6-4-5-7-19(16)25;/h4-12,25H,3H2,1-2H3,(H,22,23)(H,24,26);1H2/b21-13+;. The minimum atomic E-state index is -0.399. The second-order valence-electron chi connectivity index (χ2n) is 5.87. The molecule has 0 saturated heterocycles. The van der Waals surface area contributed by atoms with Gasteiger partial charge in [0.1, 0.15) is 11.4 Å². The van der Waals surface area contributed by atoms with Gasteiger partial charge in [0.2, 0.25) is 0 Å². The molecule has 0 radical (unpaired) electrons. The van der Waals surface area contributed by atoms with Crippen molar-refractivity contribution in [1.29, 1.82) is 0 Å². The smallest absolute Gasteiger partial charge is 0.289 e. The van der Waals surface area contributed by atoms with E-state index >= 15 is 0 Å². The van der Waals surface area contributed by atoms with Gasteiger partial charge >= 0.3 is 0 Å². The molecule has 1 amide bonds. The highest BCUT2D eigenvalue weighted by Gasteiger charge is 2.11. The van der Waals surface area contributed by atoms with Gasteiger partial charge in [-0.05, 0) is 37.1 Å². The number of carbonyl (C=O) groups is 1.